The molecule has 5 rings (SSSR count). The van der Waals surface area contributed by atoms with Gasteiger partial charge in [0.15, 0.2) is 10.9 Å². The lowest BCUT2D eigenvalue weighted by Gasteiger charge is -2.38. The molecule has 1 amide bonds. The number of allylic oxidation sites excluding steroid dienone is 2. The summed E-state index contributed by atoms with van der Waals surface area (Å²) in [5.74, 6) is -0.00646. The number of hydrogen-bond donors (Lipinski definition) is 3. The van der Waals surface area contributed by atoms with Crippen molar-refractivity contribution in [2.75, 3.05) is 11.1 Å². The minimum Gasteiger partial charge on any atom is -0.351 e. The van der Waals surface area contributed by atoms with Crippen LogP contribution in [0.2, 0.25) is 0 Å². The van der Waals surface area contributed by atoms with Crippen LogP contribution in [0.25, 0.3) is 0 Å². The molecule has 0 fully saturated rings. The van der Waals surface area contributed by atoms with Gasteiger partial charge in [0.1, 0.15) is 5.82 Å². The Morgan fingerprint density at radius 2 is 1.81 bits per heavy atom. The molecule has 2 heterocycles. The summed E-state index contributed by atoms with van der Waals surface area (Å²) >= 11 is 1.18. The standard InChI is InChI=1S/C29H30N4O3S/c1-17-9-11-19(12-10-17)23-24-20(13-29(2,3)14-21(24)34)31-26-25(23)27(36)33-28(32-26)37-16-22(35)30-15-18-7-5-4-6-8-18/h4-12,23H,13-16H2,1-3H3,(H,30,35)(H2,31,32,33,36)/t23-/m1/s1. The lowest BCUT2D eigenvalue weighted by Crippen LogP contribution is -2.37. The van der Waals surface area contributed by atoms with Crippen molar-refractivity contribution >= 4 is 29.3 Å². The molecule has 3 N–H and O–H groups in total. The van der Waals surface area contributed by atoms with Gasteiger partial charge in [-0.2, -0.15) is 0 Å². The van der Waals surface area contributed by atoms with Gasteiger partial charge in [0.05, 0.1) is 11.3 Å². The molecule has 8 heteroatoms. The van der Waals surface area contributed by atoms with Gasteiger partial charge < -0.3 is 15.6 Å². The number of nitrogens with one attached hydrogen (secondary N) is 3. The number of Topliss-reactive ketones (excluding diaryl/α,β-unsaturated/α-hetero) is 1. The Labute approximate surface area is 220 Å². The third-order valence-electron chi connectivity index (χ3n) is 6.78. The molecule has 1 atom stereocenters. The molecule has 190 valence electrons. The van der Waals surface area contributed by atoms with Crippen LogP contribution in [0.4, 0.5) is 5.82 Å². The number of aromatic amines is 1. The maximum Gasteiger partial charge on any atom is 0.257 e. The van der Waals surface area contributed by atoms with E-state index in [0.29, 0.717) is 41.5 Å². The Morgan fingerprint density at radius 1 is 1.08 bits per heavy atom. The van der Waals surface area contributed by atoms with Crippen molar-refractivity contribution in [1.82, 2.24) is 15.3 Å². The Morgan fingerprint density at radius 3 is 2.54 bits per heavy atom. The number of anilines is 1. The lowest BCUT2D eigenvalue weighted by molar-refractivity contribution is -0.119. The van der Waals surface area contributed by atoms with Gasteiger partial charge in [-0.15, -0.1) is 0 Å². The third-order valence-corrected chi connectivity index (χ3v) is 7.66. The zero-order chi connectivity index (χ0) is 26.2. The summed E-state index contributed by atoms with van der Waals surface area (Å²) in [6.07, 6.45) is 1.12. The highest BCUT2D eigenvalue weighted by Gasteiger charge is 2.42. The van der Waals surface area contributed by atoms with Crippen LogP contribution in [0.15, 0.2) is 75.8 Å². The molecule has 0 bridgehead atoms. The summed E-state index contributed by atoms with van der Waals surface area (Å²) in [6, 6.07) is 17.6. The van der Waals surface area contributed by atoms with Crippen LogP contribution in [0.1, 0.15) is 54.9 Å². The summed E-state index contributed by atoms with van der Waals surface area (Å²) in [7, 11) is 0. The molecule has 0 saturated carbocycles. The highest BCUT2D eigenvalue weighted by molar-refractivity contribution is 7.99. The first-order chi connectivity index (χ1) is 17.7. The van der Waals surface area contributed by atoms with Gasteiger partial charge in [-0.25, -0.2) is 4.98 Å². The number of amides is 1. The molecule has 2 aliphatic rings. The van der Waals surface area contributed by atoms with Gasteiger partial charge in [0.2, 0.25) is 5.91 Å². The largest absolute Gasteiger partial charge is 0.351 e. The van der Waals surface area contributed by atoms with Gasteiger partial charge in [-0.1, -0.05) is 85.8 Å². The molecule has 0 radical (unpaired) electrons. The number of benzene rings is 2. The van der Waals surface area contributed by atoms with E-state index >= 15 is 0 Å². The van der Waals surface area contributed by atoms with Crippen LogP contribution in [0.5, 0.6) is 0 Å². The molecule has 1 aromatic heterocycles. The number of thioether (sulfide) groups is 1. The number of aryl methyl sites for hydroxylation is 1. The number of fused-ring (bicyclic) bond motifs is 1. The minimum atomic E-state index is -0.486. The zero-order valence-electron chi connectivity index (χ0n) is 21.2. The van der Waals surface area contributed by atoms with Crippen molar-refractivity contribution in [3.05, 3.63) is 98.5 Å². The van der Waals surface area contributed by atoms with E-state index in [1.807, 2.05) is 61.5 Å². The summed E-state index contributed by atoms with van der Waals surface area (Å²) < 4.78 is 0. The quantitative estimate of drug-likeness (QED) is 0.326. The van der Waals surface area contributed by atoms with Crippen molar-refractivity contribution < 1.29 is 9.59 Å². The number of ketones is 1. The minimum absolute atomic E-state index is 0.0583. The average Bonchev–Trinajstić information content (AvgIpc) is 2.85. The molecule has 1 aliphatic carbocycles. The Bertz CT molecular complexity index is 1440. The third kappa shape index (κ3) is 5.39. The predicted molar refractivity (Wildman–Crippen MR) is 146 cm³/mol. The van der Waals surface area contributed by atoms with Crippen molar-refractivity contribution in [2.45, 2.75) is 51.2 Å². The smallest absolute Gasteiger partial charge is 0.257 e. The van der Waals surface area contributed by atoms with E-state index in [9.17, 15) is 14.4 Å². The van der Waals surface area contributed by atoms with E-state index in [0.717, 1.165) is 22.4 Å². The number of carbonyl (C=O) groups excluding carboxylic acids is 2. The Hall–Kier alpha value is -3.65. The van der Waals surface area contributed by atoms with Crippen LogP contribution < -0.4 is 16.2 Å². The number of hydrogen-bond acceptors (Lipinski definition) is 6. The molecule has 0 saturated heterocycles. The predicted octanol–water partition coefficient (Wildman–Crippen LogP) is 4.69. The van der Waals surface area contributed by atoms with Crippen LogP contribution in [-0.4, -0.2) is 27.4 Å². The molecule has 3 aromatic rings. The van der Waals surface area contributed by atoms with E-state index in [1.165, 1.54) is 11.8 Å². The molecule has 0 unspecified atom stereocenters. The van der Waals surface area contributed by atoms with E-state index < -0.39 is 5.92 Å². The van der Waals surface area contributed by atoms with Crippen LogP contribution in [-0.2, 0) is 16.1 Å². The van der Waals surface area contributed by atoms with Crippen molar-refractivity contribution in [2.24, 2.45) is 5.41 Å². The van der Waals surface area contributed by atoms with Crippen LogP contribution in [0, 0.1) is 12.3 Å². The summed E-state index contributed by atoms with van der Waals surface area (Å²) in [4.78, 5) is 46.7. The summed E-state index contributed by atoms with van der Waals surface area (Å²) in [5, 5.41) is 6.58. The molecule has 0 spiro atoms. The zero-order valence-corrected chi connectivity index (χ0v) is 22.0. The maximum absolute atomic E-state index is 13.4. The molecule has 7 nitrogen and oxygen atoms in total. The summed E-state index contributed by atoms with van der Waals surface area (Å²) in [5.41, 5.74) is 4.44. The summed E-state index contributed by atoms with van der Waals surface area (Å²) in [6.45, 7) is 6.60. The SMILES string of the molecule is Cc1ccc([C@@H]2C3=C(CC(C)(C)CC3=O)Nc3nc(SCC(=O)NCc4ccccc4)[nH]c(=O)c32)cc1. The van der Waals surface area contributed by atoms with Crippen molar-refractivity contribution in [3.63, 3.8) is 0 Å². The second-order valence-corrected chi connectivity index (χ2v) is 11.5. The fourth-order valence-corrected chi connectivity index (χ4v) is 5.73. The number of carbonyl (C=O) groups is 2. The monoisotopic (exact) mass is 514 g/mol. The lowest BCUT2D eigenvalue weighted by atomic mass is 9.69. The van der Waals surface area contributed by atoms with E-state index in [1.54, 1.807) is 0 Å². The van der Waals surface area contributed by atoms with E-state index in [2.05, 4.69) is 29.5 Å². The fraction of sp³-hybridized carbons (Fsp3) is 0.310. The van der Waals surface area contributed by atoms with Gasteiger partial charge in [-0.3, -0.25) is 14.4 Å². The molecular formula is C29H30N4O3S. The topological polar surface area (TPSA) is 104 Å². The van der Waals surface area contributed by atoms with Gasteiger partial charge in [-0.05, 0) is 29.9 Å². The number of rotatable bonds is 6. The second kappa shape index (κ2) is 10.0. The maximum atomic E-state index is 13.4. The average molecular weight is 515 g/mol. The number of H-pyrrole nitrogens is 1. The molecular weight excluding hydrogens is 484 g/mol. The first kappa shape index (κ1) is 25.0. The number of aromatic nitrogens is 2. The van der Waals surface area contributed by atoms with Gasteiger partial charge in [0, 0.05) is 30.2 Å². The number of nitrogens with zero attached hydrogens (tertiary/aromatic N) is 1. The van der Waals surface area contributed by atoms with E-state index in [4.69, 9.17) is 4.98 Å². The van der Waals surface area contributed by atoms with Crippen LogP contribution in [0.3, 0.4) is 0 Å². The normalized spacial score (nSPS) is 18.0. The van der Waals surface area contributed by atoms with E-state index in [-0.39, 0.29) is 28.4 Å². The Kier molecular flexibility index (Phi) is 6.77. The molecule has 2 aromatic carbocycles. The fourth-order valence-electron chi connectivity index (χ4n) is 5.04. The first-order valence-electron chi connectivity index (χ1n) is 12.4. The Balaban J connectivity index is 1.43. The van der Waals surface area contributed by atoms with Crippen molar-refractivity contribution in [3.8, 4) is 0 Å². The highest BCUT2D eigenvalue weighted by atomic mass is 32.2. The molecule has 1 aliphatic heterocycles. The van der Waals surface area contributed by atoms with Crippen molar-refractivity contribution in [1.29, 1.82) is 0 Å². The van der Waals surface area contributed by atoms with Gasteiger partial charge in [0.25, 0.3) is 5.56 Å². The van der Waals surface area contributed by atoms with Gasteiger partial charge >= 0.3 is 0 Å². The second-order valence-electron chi connectivity index (χ2n) is 10.5. The molecule has 37 heavy (non-hydrogen) atoms. The first-order valence-corrected chi connectivity index (χ1v) is 13.4. The van der Waals surface area contributed by atoms with Crippen LogP contribution >= 0.6 is 11.8 Å². The highest BCUT2D eigenvalue weighted by Crippen LogP contribution is 2.47.